The SMILES string of the molecule is COC(=O)C1=COC(O[C@@H]2O[C@H](CO)[C@@H](O)[C@H](O)[C@H]2O)C2C(C)C(O)C(O)C12. The second kappa shape index (κ2) is 8.20. The summed E-state index contributed by atoms with van der Waals surface area (Å²) in [5, 5.41) is 59.9. The Kier molecular flexibility index (Phi) is 6.27. The number of carbonyl (C=O) groups excluding carboxylic acids is 1. The van der Waals surface area contributed by atoms with Crippen molar-refractivity contribution in [3.63, 3.8) is 0 Å². The summed E-state index contributed by atoms with van der Waals surface area (Å²) in [6.07, 6.45) is -9.96. The zero-order valence-corrected chi connectivity index (χ0v) is 15.4. The number of ether oxygens (including phenoxy) is 4. The minimum Gasteiger partial charge on any atom is -0.472 e. The summed E-state index contributed by atoms with van der Waals surface area (Å²) in [4.78, 5) is 12.0. The highest BCUT2D eigenvalue weighted by Crippen LogP contribution is 2.47. The molecule has 11 heteroatoms. The second-order valence-electron chi connectivity index (χ2n) is 7.35. The molecule has 3 rings (SSSR count). The van der Waals surface area contributed by atoms with E-state index >= 15 is 0 Å². The molecule has 0 amide bonds. The number of hydrogen-bond donors (Lipinski definition) is 6. The zero-order valence-electron chi connectivity index (χ0n) is 15.4. The maximum Gasteiger partial charge on any atom is 0.337 e. The third-order valence-electron chi connectivity index (χ3n) is 5.82. The molecule has 2 heterocycles. The lowest BCUT2D eigenvalue weighted by Crippen LogP contribution is -2.60. The topological polar surface area (TPSA) is 175 Å². The smallest absolute Gasteiger partial charge is 0.337 e. The largest absolute Gasteiger partial charge is 0.472 e. The quantitative estimate of drug-likeness (QED) is 0.260. The molecule has 1 saturated carbocycles. The molecule has 3 aliphatic rings. The van der Waals surface area contributed by atoms with E-state index in [1.165, 1.54) is 7.11 Å². The first-order valence-corrected chi connectivity index (χ1v) is 8.98. The third-order valence-corrected chi connectivity index (χ3v) is 5.82. The molecule has 0 aromatic rings. The highest BCUT2D eigenvalue weighted by molar-refractivity contribution is 5.89. The zero-order chi connectivity index (χ0) is 20.7. The van der Waals surface area contributed by atoms with Gasteiger partial charge in [-0.25, -0.2) is 4.79 Å². The van der Waals surface area contributed by atoms with Gasteiger partial charge < -0.3 is 49.6 Å². The Morgan fingerprint density at radius 2 is 1.71 bits per heavy atom. The fraction of sp³-hybridized carbons (Fsp3) is 0.824. The van der Waals surface area contributed by atoms with Gasteiger partial charge in [0.05, 0.1) is 37.8 Å². The summed E-state index contributed by atoms with van der Waals surface area (Å²) < 4.78 is 21.1. The maximum absolute atomic E-state index is 12.0. The Bertz CT molecular complexity index is 608. The van der Waals surface area contributed by atoms with E-state index in [0.717, 1.165) is 6.26 Å². The molecular formula is C17H26O11. The number of carbonyl (C=O) groups is 1. The second-order valence-corrected chi connectivity index (χ2v) is 7.35. The van der Waals surface area contributed by atoms with Crippen LogP contribution >= 0.6 is 0 Å². The van der Waals surface area contributed by atoms with Gasteiger partial charge in [-0.15, -0.1) is 0 Å². The maximum atomic E-state index is 12.0. The molecule has 6 N–H and O–H groups in total. The molecule has 11 nitrogen and oxygen atoms in total. The number of fused-ring (bicyclic) bond motifs is 1. The monoisotopic (exact) mass is 406 g/mol. The molecule has 6 unspecified atom stereocenters. The van der Waals surface area contributed by atoms with Crippen LogP contribution in [0, 0.1) is 17.8 Å². The number of aliphatic hydroxyl groups excluding tert-OH is 6. The minimum atomic E-state index is -1.64. The van der Waals surface area contributed by atoms with E-state index in [1.807, 2.05) is 0 Å². The molecule has 0 aromatic heterocycles. The Balaban J connectivity index is 1.84. The van der Waals surface area contributed by atoms with Crippen LogP contribution in [0.15, 0.2) is 11.8 Å². The van der Waals surface area contributed by atoms with Crippen LogP contribution in [0.25, 0.3) is 0 Å². The van der Waals surface area contributed by atoms with Gasteiger partial charge >= 0.3 is 5.97 Å². The van der Waals surface area contributed by atoms with Crippen molar-refractivity contribution in [3.8, 4) is 0 Å². The van der Waals surface area contributed by atoms with Gasteiger partial charge in [-0.3, -0.25) is 0 Å². The van der Waals surface area contributed by atoms with E-state index in [2.05, 4.69) is 0 Å². The van der Waals surface area contributed by atoms with E-state index in [4.69, 9.17) is 18.9 Å². The lowest BCUT2D eigenvalue weighted by atomic mass is 9.82. The van der Waals surface area contributed by atoms with Crippen LogP contribution in [0.2, 0.25) is 0 Å². The Morgan fingerprint density at radius 1 is 1.04 bits per heavy atom. The molecule has 0 radical (unpaired) electrons. The van der Waals surface area contributed by atoms with E-state index in [9.17, 15) is 35.4 Å². The van der Waals surface area contributed by atoms with Crippen molar-refractivity contribution >= 4 is 5.97 Å². The molecule has 0 bridgehead atoms. The highest BCUT2D eigenvalue weighted by Gasteiger charge is 2.57. The van der Waals surface area contributed by atoms with E-state index < -0.39 is 79.5 Å². The molecule has 11 atom stereocenters. The van der Waals surface area contributed by atoms with Crippen LogP contribution in [0.1, 0.15) is 6.92 Å². The summed E-state index contributed by atoms with van der Waals surface area (Å²) in [6.45, 7) is 1.02. The summed E-state index contributed by atoms with van der Waals surface area (Å²) in [5.41, 5.74) is 0.0389. The first-order valence-electron chi connectivity index (χ1n) is 8.98. The minimum absolute atomic E-state index is 0.0389. The first kappa shape index (κ1) is 21.4. The van der Waals surface area contributed by atoms with E-state index in [-0.39, 0.29) is 5.57 Å². The number of methoxy groups -OCH3 is 1. The van der Waals surface area contributed by atoms with Crippen LogP contribution in [0.5, 0.6) is 0 Å². The summed E-state index contributed by atoms with van der Waals surface area (Å²) in [6, 6.07) is 0. The van der Waals surface area contributed by atoms with Gasteiger partial charge in [0.15, 0.2) is 6.29 Å². The van der Waals surface area contributed by atoms with Gasteiger partial charge in [0.1, 0.15) is 24.4 Å². The van der Waals surface area contributed by atoms with Crippen LogP contribution < -0.4 is 0 Å². The van der Waals surface area contributed by atoms with E-state index in [1.54, 1.807) is 6.92 Å². The molecule has 1 saturated heterocycles. The number of rotatable bonds is 4. The summed E-state index contributed by atoms with van der Waals surface area (Å²) in [5.74, 6) is -2.82. The molecule has 1 aliphatic carbocycles. The Labute approximate surface area is 160 Å². The number of aliphatic hydroxyl groups is 6. The van der Waals surface area contributed by atoms with Crippen molar-refractivity contribution < 1.29 is 54.4 Å². The average Bonchev–Trinajstić information content (AvgIpc) is 2.92. The van der Waals surface area contributed by atoms with Crippen molar-refractivity contribution in [2.24, 2.45) is 17.8 Å². The molecular weight excluding hydrogens is 380 g/mol. The third kappa shape index (κ3) is 3.42. The standard InChI is InChI=1S/C17H26O11/c1-5-8-9(12(21)10(5)19)6(15(24)25-2)4-26-16(8)28-17-14(23)13(22)11(20)7(3-18)27-17/h4-5,7-14,16-23H,3H2,1-2H3/t5?,7-,8?,9?,10?,11-,12?,13+,14-,16?,17+/m1/s1. The molecule has 28 heavy (non-hydrogen) atoms. The Hall–Kier alpha value is -1.31. The Morgan fingerprint density at radius 3 is 2.32 bits per heavy atom. The predicted octanol–water partition coefficient (Wildman–Crippen LogP) is -3.18. The van der Waals surface area contributed by atoms with Gasteiger partial charge in [0, 0.05) is 11.8 Å². The van der Waals surface area contributed by atoms with Crippen molar-refractivity contribution in [1.29, 1.82) is 0 Å². The van der Waals surface area contributed by atoms with Crippen molar-refractivity contribution in [2.45, 2.75) is 56.1 Å². The van der Waals surface area contributed by atoms with Crippen molar-refractivity contribution in [1.82, 2.24) is 0 Å². The predicted molar refractivity (Wildman–Crippen MR) is 88.0 cm³/mol. The average molecular weight is 406 g/mol. The van der Waals surface area contributed by atoms with Gasteiger partial charge in [-0.2, -0.15) is 0 Å². The van der Waals surface area contributed by atoms with E-state index in [0.29, 0.717) is 0 Å². The normalized spacial score (nSPS) is 48.4. The van der Waals surface area contributed by atoms with Gasteiger partial charge in [-0.05, 0) is 5.92 Å². The lowest BCUT2D eigenvalue weighted by molar-refractivity contribution is -0.343. The fourth-order valence-corrected chi connectivity index (χ4v) is 4.16. The van der Waals surface area contributed by atoms with Crippen LogP contribution in [-0.4, -0.2) is 99.5 Å². The molecule has 160 valence electrons. The number of hydrogen-bond acceptors (Lipinski definition) is 11. The van der Waals surface area contributed by atoms with Crippen molar-refractivity contribution in [3.05, 3.63) is 11.8 Å². The molecule has 0 spiro atoms. The van der Waals surface area contributed by atoms with Gasteiger partial charge in [0.2, 0.25) is 6.29 Å². The van der Waals surface area contributed by atoms with Gasteiger partial charge in [0.25, 0.3) is 0 Å². The van der Waals surface area contributed by atoms with Crippen LogP contribution in [0.3, 0.4) is 0 Å². The summed E-state index contributed by atoms with van der Waals surface area (Å²) >= 11 is 0. The van der Waals surface area contributed by atoms with Gasteiger partial charge in [-0.1, -0.05) is 6.92 Å². The lowest BCUT2D eigenvalue weighted by Gasteiger charge is -2.43. The van der Waals surface area contributed by atoms with Crippen LogP contribution in [-0.2, 0) is 23.7 Å². The molecule has 2 fully saturated rings. The molecule has 0 aromatic carbocycles. The molecule has 2 aliphatic heterocycles. The first-order chi connectivity index (χ1) is 13.2. The highest BCUT2D eigenvalue weighted by atomic mass is 16.8. The number of esters is 1. The fourth-order valence-electron chi connectivity index (χ4n) is 4.16. The van der Waals surface area contributed by atoms with Crippen molar-refractivity contribution in [2.75, 3.05) is 13.7 Å². The summed E-state index contributed by atoms with van der Waals surface area (Å²) in [7, 11) is 1.18. The van der Waals surface area contributed by atoms with Crippen LogP contribution in [0.4, 0.5) is 0 Å².